The van der Waals surface area contributed by atoms with E-state index >= 15 is 0 Å². The van der Waals surface area contributed by atoms with Crippen molar-refractivity contribution < 1.29 is 23.0 Å². The van der Waals surface area contributed by atoms with Crippen molar-refractivity contribution >= 4 is 26.3 Å². The van der Waals surface area contributed by atoms with Crippen LogP contribution in [-0.2, 0) is 20.4 Å². The number of aliphatic hydroxyl groups is 1. The smallest absolute Gasteiger partial charge is 0.244 e. The van der Waals surface area contributed by atoms with Gasteiger partial charge in [0, 0.05) is 18.7 Å². The molecule has 11 heteroatoms. The van der Waals surface area contributed by atoms with E-state index in [-0.39, 0.29) is 22.8 Å². The summed E-state index contributed by atoms with van der Waals surface area (Å²) in [4.78, 5) is 5.41. The first kappa shape index (κ1) is 24.1. The predicted molar refractivity (Wildman–Crippen MR) is 126 cm³/mol. The molecule has 180 valence electrons. The maximum atomic E-state index is 13.3. The Labute approximate surface area is 197 Å². The highest BCUT2D eigenvalue weighted by Gasteiger charge is 2.29. The number of aliphatic hydroxyl groups excluding tert-OH is 1. The number of aromatic nitrogens is 3. The van der Waals surface area contributed by atoms with Crippen LogP contribution >= 0.6 is 11.3 Å². The van der Waals surface area contributed by atoms with Crippen molar-refractivity contribution in [1.82, 2.24) is 19.3 Å². The lowest BCUT2D eigenvalue weighted by Crippen LogP contribution is -2.38. The van der Waals surface area contributed by atoms with Gasteiger partial charge in [-0.1, -0.05) is 11.3 Å². The van der Waals surface area contributed by atoms with E-state index in [1.165, 1.54) is 18.4 Å². The van der Waals surface area contributed by atoms with Gasteiger partial charge in [-0.25, -0.2) is 22.6 Å². The molecule has 1 aliphatic rings. The zero-order valence-corrected chi connectivity index (χ0v) is 21.1. The standard InChI is InChI=1S/C22H30N4O5S2/c1-13-19(26-21(23-13)32-20(24-26)22(2,3)31-5)14-6-11-17(30-4)18(12-14)33(28,29)25-15-7-9-16(27)10-8-15/h6,11-12,15-16,25,27H,7-10H2,1-5H3. The molecule has 1 aliphatic carbocycles. The van der Waals surface area contributed by atoms with E-state index in [0.29, 0.717) is 36.2 Å². The first-order chi connectivity index (χ1) is 15.6. The average molecular weight is 495 g/mol. The Morgan fingerprint density at radius 3 is 2.55 bits per heavy atom. The van der Waals surface area contributed by atoms with Gasteiger partial charge in [-0.3, -0.25) is 0 Å². The summed E-state index contributed by atoms with van der Waals surface area (Å²) < 4.78 is 42.1. The lowest BCUT2D eigenvalue weighted by atomic mass is 9.94. The molecule has 1 fully saturated rings. The summed E-state index contributed by atoms with van der Waals surface area (Å²) in [6, 6.07) is 4.86. The molecule has 3 aromatic rings. The second-order valence-corrected chi connectivity index (χ2v) is 11.5. The van der Waals surface area contributed by atoms with E-state index < -0.39 is 15.6 Å². The number of benzene rings is 1. The van der Waals surface area contributed by atoms with Gasteiger partial charge in [-0.15, -0.1) is 0 Å². The highest BCUT2D eigenvalue weighted by atomic mass is 32.2. The summed E-state index contributed by atoms with van der Waals surface area (Å²) >= 11 is 1.44. The first-order valence-electron chi connectivity index (χ1n) is 10.9. The number of rotatable bonds is 7. The Bertz CT molecular complexity index is 1260. The predicted octanol–water partition coefficient (Wildman–Crippen LogP) is 3.24. The van der Waals surface area contributed by atoms with Crippen LogP contribution in [0.5, 0.6) is 5.75 Å². The van der Waals surface area contributed by atoms with Crippen LogP contribution in [0.2, 0.25) is 0 Å². The fraction of sp³-hybridized carbons (Fsp3) is 0.545. The molecule has 2 N–H and O–H groups in total. The third-order valence-corrected chi connectivity index (χ3v) is 8.90. The molecule has 2 heterocycles. The van der Waals surface area contributed by atoms with Crippen LogP contribution in [0.3, 0.4) is 0 Å². The molecule has 1 saturated carbocycles. The molecule has 0 atom stereocenters. The largest absolute Gasteiger partial charge is 0.495 e. The first-order valence-corrected chi connectivity index (χ1v) is 13.2. The number of fused-ring (bicyclic) bond motifs is 1. The van der Waals surface area contributed by atoms with Gasteiger partial charge in [0.1, 0.15) is 21.3 Å². The monoisotopic (exact) mass is 494 g/mol. The van der Waals surface area contributed by atoms with Crippen molar-refractivity contribution in [2.45, 2.75) is 69.1 Å². The van der Waals surface area contributed by atoms with Crippen molar-refractivity contribution in [1.29, 1.82) is 0 Å². The summed E-state index contributed by atoms with van der Waals surface area (Å²) in [5.41, 5.74) is 1.58. The van der Waals surface area contributed by atoms with Gasteiger partial charge in [0.25, 0.3) is 0 Å². The summed E-state index contributed by atoms with van der Waals surface area (Å²) in [5.74, 6) is 0.264. The van der Waals surface area contributed by atoms with Crippen molar-refractivity contribution in [3.05, 3.63) is 28.9 Å². The van der Waals surface area contributed by atoms with E-state index in [9.17, 15) is 13.5 Å². The normalized spacial score (nSPS) is 19.8. The van der Waals surface area contributed by atoms with Gasteiger partial charge < -0.3 is 14.6 Å². The molecular formula is C22H30N4O5S2. The molecule has 33 heavy (non-hydrogen) atoms. The van der Waals surface area contributed by atoms with Crippen molar-refractivity contribution in [3.63, 3.8) is 0 Å². The zero-order chi connectivity index (χ0) is 24.0. The second kappa shape index (κ2) is 8.95. The van der Waals surface area contributed by atoms with Crippen molar-refractivity contribution in [2.24, 2.45) is 0 Å². The van der Waals surface area contributed by atoms with Crippen molar-refractivity contribution in [3.8, 4) is 17.0 Å². The molecule has 2 aromatic heterocycles. The molecule has 9 nitrogen and oxygen atoms in total. The maximum Gasteiger partial charge on any atom is 0.244 e. The van der Waals surface area contributed by atoms with E-state index in [1.807, 2.05) is 26.8 Å². The molecule has 0 unspecified atom stereocenters. The van der Waals surface area contributed by atoms with Crippen LogP contribution in [0.1, 0.15) is 50.2 Å². The summed E-state index contributed by atoms with van der Waals surface area (Å²) in [7, 11) is -0.759. The maximum absolute atomic E-state index is 13.3. The van der Waals surface area contributed by atoms with E-state index in [4.69, 9.17) is 14.6 Å². The molecule has 4 rings (SSSR count). The fourth-order valence-corrected chi connectivity index (χ4v) is 6.55. The summed E-state index contributed by atoms with van der Waals surface area (Å²) in [6.45, 7) is 5.75. The number of sulfonamides is 1. The van der Waals surface area contributed by atoms with Crippen LogP contribution in [-0.4, -0.2) is 54.5 Å². The molecule has 0 spiro atoms. The third-order valence-electron chi connectivity index (χ3n) is 6.15. The third kappa shape index (κ3) is 4.65. The van der Waals surface area contributed by atoms with Gasteiger partial charge >= 0.3 is 0 Å². The Morgan fingerprint density at radius 1 is 1.21 bits per heavy atom. The number of nitrogens with one attached hydrogen (secondary N) is 1. The Kier molecular flexibility index (Phi) is 6.53. The summed E-state index contributed by atoms with van der Waals surface area (Å²) in [5, 5.41) is 15.2. The summed E-state index contributed by atoms with van der Waals surface area (Å²) in [6.07, 6.45) is 2.01. The average Bonchev–Trinajstić information content (AvgIpc) is 3.32. The lowest BCUT2D eigenvalue weighted by molar-refractivity contribution is 0.0183. The van der Waals surface area contributed by atoms with E-state index in [2.05, 4.69) is 9.71 Å². The van der Waals surface area contributed by atoms with Crippen molar-refractivity contribution in [2.75, 3.05) is 14.2 Å². The van der Waals surface area contributed by atoms with Gasteiger partial charge in [0.2, 0.25) is 15.0 Å². The van der Waals surface area contributed by atoms with Gasteiger partial charge in [-0.2, -0.15) is 5.10 Å². The van der Waals surface area contributed by atoms with Crippen LogP contribution < -0.4 is 9.46 Å². The number of hydrogen-bond donors (Lipinski definition) is 2. The second-order valence-electron chi connectivity index (χ2n) is 8.85. The van der Waals surface area contributed by atoms with Gasteiger partial charge in [0.05, 0.1) is 24.6 Å². The van der Waals surface area contributed by atoms with Crippen LogP contribution in [0.15, 0.2) is 23.1 Å². The number of methoxy groups -OCH3 is 2. The Hall–Kier alpha value is -2.05. The molecular weight excluding hydrogens is 464 g/mol. The quantitative estimate of drug-likeness (QED) is 0.518. The number of hydrogen-bond acceptors (Lipinski definition) is 8. The van der Waals surface area contributed by atoms with Gasteiger partial charge in [0.15, 0.2) is 0 Å². The molecule has 0 saturated heterocycles. The minimum atomic E-state index is -3.85. The number of nitrogens with zero attached hydrogens (tertiary/aromatic N) is 3. The Morgan fingerprint density at radius 2 is 1.91 bits per heavy atom. The minimum Gasteiger partial charge on any atom is -0.495 e. The molecule has 0 bridgehead atoms. The number of aryl methyl sites for hydroxylation is 1. The fourth-order valence-electron chi connectivity index (χ4n) is 4.02. The molecule has 0 radical (unpaired) electrons. The zero-order valence-electron chi connectivity index (χ0n) is 19.5. The van der Waals surface area contributed by atoms with Crippen LogP contribution in [0.4, 0.5) is 0 Å². The molecule has 0 amide bonds. The lowest BCUT2D eigenvalue weighted by Gasteiger charge is -2.26. The molecule has 0 aliphatic heterocycles. The molecule has 1 aromatic carbocycles. The van der Waals surface area contributed by atoms with E-state index in [0.717, 1.165) is 16.4 Å². The van der Waals surface area contributed by atoms with Crippen LogP contribution in [0, 0.1) is 6.92 Å². The highest BCUT2D eigenvalue weighted by Crippen LogP contribution is 2.35. The highest BCUT2D eigenvalue weighted by molar-refractivity contribution is 7.89. The van der Waals surface area contributed by atoms with Crippen LogP contribution in [0.25, 0.3) is 16.2 Å². The topological polar surface area (TPSA) is 115 Å². The SMILES string of the molecule is COc1ccc(-c2c(C)nc3sc(C(C)(C)OC)nn23)cc1S(=O)(=O)NC1CCC(O)CC1. The number of imidazole rings is 1. The van der Waals surface area contributed by atoms with E-state index in [1.54, 1.807) is 23.8 Å². The Balaban J connectivity index is 1.75. The minimum absolute atomic E-state index is 0.0654. The number of ether oxygens (including phenoxy) is 2. The van der Waals surface area contributed by atoms with Gasteiger partial charge in [-0.05, 0) is 64.7 Å².